The van der Waals surface area contributed by atoms with Crippen molar-refractivity contribution in [1.82, 2.24) is 30.2 Å². The van der Waals surface area contributed by atoms with Crippen LogP contribution in [0.1, 0.15) is 0 Å². The molecular weight excluding hydrogens is 420 g/mol. The maximum atomic E-state index is 5.59. The van der Waals surface area contributed by atoms with Gasteiger partial charge >= 0.3 is 0 Å². The van der Waals surface area contributed by atoms with Gasteiger partial charge in [-0.1, -0.05) is 6.07 Å². The Bertz CT molecular complexity index is 1280. The maximum absolute atomic E-state index is 5.59. The average molecular weight is 444 g/mol. The lowest BCUT2D eigenvalue weighted by atomic mass is 10.2. The van der Waals surface area contributed by atoms with E-state index < -0.39 is 0 Å². The second kappa shape index (κ2) is 9.21. The van der Waals surface area contributed by atoms with Crippen LogP contribution in [0.5, 0.6) is 11.6 Å². The topological polar surface area (TPSA) is 110 Å². The molecule has 1 fully saturated rings. The Labute approximate surface area is 191 Å². The van der Waals surface area contributed by atoms with E-state index in [1.54, 1.807) is 38.9 Å². The van der Waals surface area contributed by atoms with Crippen molar-refractivity contribution >= 4 is 28.4 Å². The van der Waals surface area contributed by atoms with E-state index in [0.717, 1.165) is 48.5 Å². The normalized spacial score (nSPS) is 13.7. The summed E-state index contributed by atoms with van der Waals surface area (Å²) in [6.45, 7) is 3.49. The number of methoxy groups -OCH3 is 2. The summed E-state index contributed by atoms with van der Waals surface area (Å²) >= 11 is 0. The van der Waals surface area contributed by atoms with Gasteiger partial charge < -0.3 is 25.0 Å². The molecule has 0 bridgehead atoms. The summed E-state index contributed by atoms with van der Waals surface area (Å²) in [7, 11) is 3.22. The van der Waals surface area contributed by atoms with Gasteiger partial charge in [-0.25, -0.2) is 15.0 Å². The fourth-order valence-electron chi connectivity index (χ4n) is 3.79. The standard InChI is InChI=1S/C23H24N8O2/c1-32-17-14-25-13-16-21(17)23(31-10-8-24-9-11-31)30-22(27-16)15-6-7-26-19(12-15)28-18-4-3-5-20(29-18)33-2/h3-7,12-14,24H,8-11H2,1-2H3,(H,26,28,29). The molecule has 1 aliphatic rings. The Balaban J connectivity index is 1.56. The number of hydrogen-bond acceptors (Lipinski definition) is 10. The number of fused-ring (bicyclic) bond motifs is 1. The van der Waals surface area contributed by atoms with Crippen molar-refractivity contribution in [2.45, 2.75) is 0 Å². The second-order valence-electron chi connectivity index (χ2n) is 7.46. The summed E-state index contributed by atoms with van der Waals surface area (Å²) in [5.74, 6) is 3.88. The van der Waals surface area contributed by atoms with E-state index in [4.69, 9.17) is 19.4 Å². The summed E-state index contributed by atoms with van der Waals surface area (Å²) in [5, 5.41) is 7.47. The molecule has 5 heterocycles. The number of piperazine rings is 1. The fraction of sp³-hybridized carbons (Fsp3) is 0.261. The van der Waals surface area contributed by atoms with Crippen molar-refractivity contribution in [1.29, 1.82) is 0 Å². The predicted octanol–water partition coefficient (Wildman–Crippen LogP) is 2.65. The minimum Gasteiger partial charge on any atom is -0.494 e. The molecule has 4 aromatic heterocycles. The van der Waals surface area contributed by atoms with E-state index >= 15 is 0 Å². The van der Waals surface area contributed by atoms with Gasteiger partial charge in [0, 0.05) is 44.0 Å². The number of anilines is 3. The number of nitrogens with one attached hydrogen (secondary N) is 2. The Hall–Kier alpha value is -4.05. The molecule has 0 spiro atoms. The third kappa shape index (κ3) is 4.33. The molecule has 4 aromatic rings. The van der Waals surface area contributed by atoms with E-state index in [9.17, 15) is 0 Å². The molecule has 0 amide bonds. The summed E-state index contributed by atoms with van der Waals surface area (Å²) in [6.07, 6.45) is 5.17. The van der Waals surface area contributed by atoms with Crippen molar-refractivity contribution in [3.05, 3.63) is 48.9 Å². The fourth-order valence-corrected chi connectivity index (χ4v) is 3.79. The number of nitrogens with zero attached hydrogens (tertiary/aromatic N) is 6. The highest BCUT2D eigenvalue weighted by atomic mass is 16.5. The average Bonchev–Trinajstić information content (AvgIpc) is 2.88. The van der Waals surface area contributed by atoms with Gasteiger partial charge in [0.2, 0.25) is 5.88 Å². The SMILES string of the molecule is COc1cccc(Nc2cc(-c3nc(N4CCNCC4)c4c(OC)cncc4n3)ccn2)n1. The number of aromatic nitrogens is 5. The number of pyridine rings is 3. The lowest BCUT2D eigenvalue weighted by molar-refractivity contribution is 0.398. The van der Waals surface area contributed by atoms with E-state index in [2.05, 4.69) is 30.5 Å². The molecule has 1 aliphatic heterocycles. The summed E-state index contributed by atoms with van der Waals surface area (Å²) in [6, 6.07) is 9.30. The van der Waals surface area contributed by atoms with Gasteiger partial charge in [-0.2, -0.15) is 4.98 Å². The van der Waals surface area contributed by atoms with Crippen LogP contribution in [-0.2, 0) is 0 Å². The molecule has 0 atom stereocenters. The van der Waals surface area contributed by atoms with E-state index in [0.29, 0.717) is 29.1 Å². The zero-order valence-electron chi connectivity index (χ0n) is 18.4. The summed E-state index contributed by atoms with van der Waals surface area (Å²) in [5.41, 5.74) is 1.56. The molecule has 33 heavy (non-hydrogen) atoms. The van der Waals surface area contributed by atoms with Crippen LogP contribution < -0.4 is 25.0 Å². The Kier molecular flexibility index (Phi) is 5.81. The van der Waals surface area contributed by atoms with Crippen molar-refractivity contribution < 1.29 is 9.47 Å². The highest BCUT2D eigenvalue weighted by molar-refractivity contribution is 5.95. The largest absolute Gasteiger partial charge is 0.494 e. The summed E-state index contributed by atoms with van der Waals surface area (Å²) in [4.78, 5) is 25.1. The van der Waals surface area contributed by atoms with Crippen molar-refractivity contribution in [2.24, 2.45) is 0 Å². The minimum atomic E-state index is 0.524. The van der Waals surface area contributed by atoms with E-state index in [1.807, 2.05) is 24.3 Å². The van der Waals surface area contributed by atoms with Crippen LogP contribution in [0.3, 0.4) is 0 Å². The molecule has 2 N–H and O–H groups in total. The molecule has 10 heteroatoms. The molecule has 1 saturated heterocycles. The molecule has 5 rings (SSSR count). The van der Waals surface area contributed by atoms with Gasteiger partial charge in [-0.15, -0.1) is 0 Å². The molecule has 168 valence electrons. The van der Waals surface area contributed by atoms with Crippen LogP contribution in [0.25, 0.3) is 22.3 Å². The first kappa shape index (κ1) is 20.8. The lowest BCUT2D eigenvalue weighted by Crippen LogP contribution is -2.44. The van der Waals surface area contributed by atoms with Crippen molar-refractivity contribution in [3.8, 4) is 23.0 Å². The maximum Gasteiger partial charge on any atom is 0.214 e. The van der Waals surface area contributed by atoms with Crippen LogP contribution in [0, 0.1) is 0 Å². The predicted molar refractivity (Wildman–Crippen MR) is 126 cm³/mol. The van der Waals surface area contributed by atoms with Crippen LogP contribution in [0.2, 0.25) is 0 Å². The molecule has 10 nitrogen and oxygen atoms in total. The quantitative estimate of drug-likeness (QED) is 0.460. The zero-order valence-corrected chi connectivity index (χ0v) is 18.4. The molecule has 0 radical (unpaired) electrons. The Morgan fingerprint density at radius 1 is 0.970 bits per heavy atom. The monoisotopic (exact) mass is 444 g/mol. The highest BCUT2D eigenvalue weighted by Gasteiger charge is 2.20. The van der Waals surface area contributed by atoms with Gasteiger partial charge in [-0.3, -0.25) is 4.98 Å². The Morgan fingerprint density at radius 3 is 2.67 bits per heavy atom. The van der Waals surface area contributed by atoms with Crippen molar-refractivity contribution in [2.75, 3.05) is 50.6 Å². The van der Waals surface area contributed by atoms with Crippen LogP contribution in [-0.4, -0.2) is 65.3 Å². The summed E-state index contributed by atoms with van der Waals surface area (Å²) < 4.78 is 10.8. The number of hydrogen-bond donors (Lipinski definition) is 2. The van der Waals surface area contributed by atoms with Crippen LogP contribution in [0.15, 0.2) is 48.9 Å². The highest BCUT2D eigenvalue weighted by Crippen LogP contribution is 2.34. The van der Waals surface area contributed by atoms with Gasteiger partial charge in [0.15, 0.2) is 5.82 Å². The Morgan fingerprint density at radius 2 is 1.85 bits per heavy atom. The van der Waals surface area contributed by atoms with E-state index in [1.165, 1.54) is 0 Å². The minimum absolute atomic E-state index is 0.524. The van der Waals surface area contributed by atoms with Gasteiger partial charge in [-0.05, 0) is 18.2 Å². The molecule has 0 unspecified atom stereocenters. The lowest BCUT2D eigenvalue weighted by Gasteiger charge is -2.29. The van der Waals surface area contributed by atoms with Crippen LogP contribution >= 0.6 is 0 Å². The first-order valence-electron chi connectivity index (χ1n) is 10.6. The third-order valence-corrected chi connectivity index (χ3v) is 5.40. The number of rotatable bonds is 6. The first-order chi connectivity index (χ1) is 16.2. The zero-order chi connectivity index (χ0) is 22.6. The molecular formula is C23H24N8O2. The second-order valence-corrected chi connectivity index (χ2v) is 7.46. The molecule has 0 aromatic carbocycles. The van der Waals surface area contributed by atoms with Crippen LogP contribution in [0.4, 0.5) is 17.5 Å². The molecule has 0 aliphatic carbocycles. The first-order valence-corrected chi connectivity index (χ1v) is 10.6. The smallest absolute Gasteiger partial charge is 0.214 e. The van der Waals surface area contributed by atoms with Gasteiger partial charge in [0.25, 0.3) is 0 Å². The van der Waals surface area contributed by atoms with E-state index in [-0.39, 0.29) is 0 Å². The van der Waals surface area contributed by atoms with Crippen molar-refractivity contribution in [3.63, 3.8) is 0 Å². The third-order valence-electron chi connectivity index (χ3n) is 5.40. The van der Waals surface area contributed by atoms with Gasteiger partial charge in [0.1, 0.15) is 23.2 Å². The number of ether oxygens (including phenoxy) is 2. The van der Waals surface area contributed by atoms with Gasteiger partial charge in [0.05, 0.1) is 37.5 Å². The molecule has 0 saturated carbocycles.